The minimum Gasteiger partial charge on any atom is -0.383 e. The van der Waals surface area contributed by atoms with Gasteiger partial charge >= 0.3 is 0 Å². The summed E-state index contributed by atoms with van der Waals surface area (Å²) in [6, 6.07) is 20.4. The van der Waals surface area contributed by atoms with Gasteiger partial charge in [-0.1, -0.05) is 26.0 Å². The first-order valence-corrected chi connectivity index (χ1v) is 14.8. The molecule has 2 aromatic carbocycles. The van der Waals surface area contributed by atoms with Crippen LogP contribution in [0.25, 0.3) is 10.9 Å². The van der Waals surface area contributed by atoms with Gasteiger partial charge in [-0.05, 0) is 94.0 Å². The normalized spacial score (nSPS) is 12.5. The maximum absolute atomic E-state index is 13.0. The molecule has 9 nitrogen and oxygen atoms in total. The molecule has 0 bridgehead atoms. The molecule has 1 fully saturated rings. The zero-order valence-electron chi connectivity index (χ0n) is 26.5. The summed E-state index contributed by atoms with van der Waals surface area (Å²) in [6.07, 6.45) is 6.07. The van der Waals surface area contributed by atoms with Crippen LogP contribution in [0.4, 0.5) is 17.2 Å². The van der Waals surface area contributed by atoms with Gasteiger partial charge in [-0.25, -0.2) is 4.98 Å². The van der Waals surface area contributed by atoms with Crippen molar-refractivity contribution in [2.75, 3.05) is 57.7 Å². The van der Waals surface area contributed by atoms with E-state index in [-0.39, 0.29) is 5.91 Å². The number of rotatable bonds is 8. The number of amides is 1. The van der Waals surface area contributed by atoms with Crippen LogP contribution in [0.3, 0.4) is 0 Å². The predicted molar refractivity (Wildman–Crippen MR) is 179 cm³/mol. The van der Waals surface area contributed by atoms with E-state index in [0.717, 1.165) is 37.3 Å². The molecule has 1 amide bonds. The fraction of sp³-hybridized carbons (Fsp3) is 0.382. The Bertz CT molecular complexity index is 1370. The number of carbonyl (C=O) groups excluding carboxylic acids is 2. The first kappa shape index (κ1) is 35.1. The maximum atomic E-state index is 13.0. The Morgan fingerprint density at radius 2 is 1.67 bits per heavy atom. The molecule has 0 atom stereocenters. The molecule has 3 N–H and O–H groups in total. The molecule has 3 heterocycles. The molecule has 9 heteroatoms. The predicted octanol–water partition coefficient (Wildman–Crippen LogP) is 5.75. The van der Waals surface area contributed by atoms with Crippen molar-refractivity contribution in [1.29, 1.82) is 0 Å². The van der Waals surface area contributed by atoms with Crippen LogP contribution in [-0.2, 0) is 16.6 Å². The van der Waals surface area contributed by atoms with Crippen LogP contribution in [0.2, 0.25) is 0 Å². The van der Waals surface area contributed by atoms with Gasteiger partial charge in [-0.15, -0.1) is 0 Å². The molecule has 1 saturated heterocycles. The lowest BCUT2D eigenvalue weighted by Gasteiger charge is -2.25. The van der Waals surface area contributed by atoms with Crippen LogP contribution in [0.1, 0.15) is 48.5 Å². The highest BCUT2D eigenvalue weighted by atomic mass is 16.5. The number of aromatic nitrogens is 2. The second-order valence-corrected chi connectivity index (χ2v) is 9.81. The highest BCUT2D eigenvalue weighted by Crippen LogP contribution is 2.30. The third kappa shape index (κ3) is 10.0. The number of fused-ring (bicyclic) bond motifs is 1. The van der Waals surface area contributed by atoms with E-state index in [0.29, 0.717) is 30.5 Å². The Balaban J connectivity index is 0.000000853. The summed E-state index contributed by atoms with van der Waals surface area (Å²) in [7, 11) is 7.50. The van der Waals surface area contributed by atoms with Crippen molar-refractivity contribution in [1.82, 2.24) is 20.2 Å². The third-order valence-electron chi connectivity index (χ3n) is 6.98. The fourth-order valence-corrected chi connectivity index (χ4v) is 4.93. The zero-order chi connectivity index (χ0) is 31.6. The smallest absolute Gasteiger partial charge is 0.256 e. The Kier molecular flexibility index (Phi) is 15.7. The van der Waals surface area contributed by atoms with E-state index in [4.69, 9.17) is 9.53 Å². The lowest BCUT2D eigenvalue weighted by Crippen LogP contribution is -2.26. The molecule has 0 saturated carbocycles. The summed E-state index contributed by atoms with van der Waals surface area (Å²) < 4.78 is 7.49. The highest BCUT2D eigenvalue weighted by Gasteiger charge is 2.17. The summed E-state index contributed by atoms with van der Waals surface area (Å²) in [5, 5.41) is 10.3. The standard InChI is InChI=1S/C29H33N5O2.C2H7N.C2H6.CH2O/c1-33-16-12-24-19-25(7-8-27(24)33)34(17-18-36-2)26-11-15-31-28(20-26)32-29(35)23-5-3-21(4-6-23)22-9-13-30-14-10-22;1-3-2;2*1-2/h3-8,11-12,15-16,19-20,22,30H,9-10,13-14,17-18H2,1-2H3,(H,31,32,35);3H,1-2H3;1-2H3;1H2. The number of ether oxygens (including phenoxy) is 1. The highest BCUT2D eigenvalue weighted by molar-refractivity contribution is 6.04. The first-order valence-electron chi connectivity index (χ1n) is 14.8. The topological polar surface area (TPSA) is 101 Å². The quantitative estimate of drug-likeness (QED) is 0.241. The van der Waals surface area contributed by atoms with Gasteiger partial charge in [0, 0.05) is 67.0 Å². The van der Waals surface area contributed by atoms with Crippen molar-refractivity contribution < 1.29 is 14.3 Å². The molecular weight excluding hydrogens is 540 g/mol. The van der Waals surface area contributed by atoms with Gasteiger partial charge < -0.3 is 34.9 Å². The number of piperidine rings is 1. The minimum atomic E-state index is -0.161. The monoisotopic (exact) mass is 588 g/mol. The van der Waals surface area contributed by atoms with Crippen LogP contribution in [-0.4, -0.2) is 69.7 Å². The average molecular weight is 589 g/mol. The molecule has 0 radical (unpaired) electrons. The van der Waals surface area contributed by atoms with E-state index in [1.54, 1.807) is 13.3 Å². The van der Waals surface area contributed by atoms with E-state index < -0.39 is 0 Å². The van der Waals surface area contributed by atoms with Crippen LogP contribution >= 0.6 is 0 Å². The van der Waals surface area contributed by atoms with E-state index in [9.17, 15) is 4.79 Å². The lowest BCUT2D eigenvalue weighted by molar-refractivity contribution is -0.0980. The van der Waals surface area contributed by atoms with Crippen molar-refractivity contribution in [3.05, 3.63) is 84.2 Å². The van der Waals surface area contributed by atoms with Gasteiger partial charge in [0.1, 0.15) is 12.6 Å². The SMILES string of the molecule is C=O.CC.CNC.COCCN(c1ccnc(NC(=O)c2ccc(C3CCNCC3)cc2)c1)c1ccc2c(ccn2C)c1. The van der Waals surface area contributed by atoms with Gasteiger partial charge in [0.2, 0.25) is 0 Å². The van der Waals surface area contributed by atoms with Crippen molar-refractivity contribution in [2.45, 2.75) is 32.6 Å². The second-order valence-electron chi connectivity index (χ2n) is 9.81. The number of hydrogen-bond acceptors (Lipinski definition) is 7. The van der Waals surface area contributed by atoms with Crippen LogP contribution < -0.4 is 20.9 Å². The van der Waals surface area contributed by atoms with E-state index >= 15 is 0 Å². The summed E-state index contributed by atoms with van der Waals surface area (Å²) in [5.41, 5.74) is 5.11. The molecule has 0 unspecified atom stereocenters. The van der Waals surface area contributed by atoms with Crippen molar-refractivity contribution in [3.8, 4) is 0 Å². The van der Waals surface area contributed by atoms with E-state index in [1.165, 1.54) is 16.5 Å². The molecular formula is C34H48N6O3. The molecule has 5 rings (SSSR count). The Labute approximate surface area is 256 Å². The number of methoxy groups -OCH3 is 1. The van der Waals surface area contributed by atoms with Crippen molar-refractivity contribution in [3.63, 3.8) is 0 Å². The number of pyridine rings is 1. The van der Waals surface area contributed by atoms with Crippen LogP contribution in [0.5, 0.6) is 0 Å². The Hall–Kier alpha value is -4.05. The van der Waals surface area contributed by atoms with Crippen LogP contribution in [0, 0.1) is 0 Å². The number of nitrogens with zero attached hydrogens (tertiary/aromatic N) is 3. The van der Waals surface area contributed by atoms with Gasteiger partial charge in [0.25, 0.3) is 5.91 Å². The summed E-state index contributed by atoms with van der Waals surface area (Å²) >= 11 is 0. The van der Waals surface area contributed by atoms with Crippen molar-refractivity contribution in [2.24, 2.45) is 7.05 Å². The number of carbonyl (C=O) groups is 2. The summed E-state index contributed by atoms with van der Waals surface area (Å²) in [4.78, 5) is 27.6. The average Bonchev–Trinajstić information content (AvgIpc) is 3.44. The molecule has 232 valence electrons. The number of nitrogens with one attached hydrogen (secondary N) is 3. The van der Waals surface area contributed by atoms with Gasteiger partial charge in [-0.3, -0.25) is 4.79 Å². The van der Waals surface area contributed by atoms with Gasteiger partial charge in [0.15, 0.2) is 0 Å². The first-order chi connectivity index (χ1) is 21.0. The number of aryl methyl sites for hydroxylation is 1. The third-order valence-corrected chi connectivity index (χ3v) is 6.98. The largest absolute Gasteiger partial charge is 0.383 e. The number of anilines is 3. The molecule has 43 heavy (non-hydrogen) atoms. The Morgan fingerprint density at radius 1 is 1.02 bits per heavy atom. The second kappa shape index (κ2) is 19.2. The number of benzene rings is 2. The van der Waals surface area contributed by atoms with Gasteiger partial charge in [0.05, 0.1) is 6.61 Å². The molecule has 0 aliphatic carbocycles. The van der Waals surface area contributed by atoms with Crippen molar-refractivity contribution >= 4 is 40.8 Å². The van der Waals surface area contributed by atoms with E-state index in [2.05, 4.69) is 73.0 Å². The van der Waals surface area contributed by atoms with Gasteiger partial charge in [-0.2, -0.15) is 0 Å². The zero-order valence-corrected chi connectivity index (χ0v) is 26.5. The summed E-state index contributed by atoms with van der Waals surface area (Å²) in [5.74, 6) is 0.920. The maximum Gasteiger partial charge on any atom is 0.256 e. The van der Waals surface area contributed by atoms with Crippen LogP contribution in [0.15, 0.2) is 73.1 Å². The molecule has 1 aliphatic rings. The molecule has 1 aliphatic heterocycles. The molecule has 0 spiro atoms. The molecule has 4 aromatic rings. The van der Waals surface area contributed by atoms with E-state index in [1.807, 2.05) is 66.0 Å². The lowest BCUT2D eigenvalue weighted by atomic mass is 9.90. The fourth-order valence-electron chi connectivity index (χ4n) is 4.93. The minimum absolute atomic E-state index is 0.161. The summed E-state index contributed by atoms with van der Waals surface area (Å²) in [6.45, 7) is 9.34. The molecule has 2 aromatic heterocycles. The Morgan fingerprint density at radius 3 is 2.33 bits per heavy atom. The number of hydrogen-bond donors (Lipinski definition) is 3.